The first-order valence-corrected chi connectivity index (χ1v) is 8.79. The zero-order valence-corrected chi connectivity index (χ0v) is 14.7. The molecule has 0 radical (unpaired) electrons. The lowest BCUT2D eigenvalue weighted by atomic mass is 10.2. The molecule has 1 aromatic carbocycles. The minimum atomic E-state index is 0.759. The monoisotopic (exact) mass is 347 g/mol. The van der Waals surface area contributed by atoms with Gasteiger partial charge in [0.1, 0.15) is 16.9 Å². The van der Waals surface area contributed by atoms with E-state index in [9.17, 15) is 0 Å². The molecule has 1 aliphatic heterocycles. The largest absolute Gasteiger partial charge is 0.450 e. The van der Waals surface area contributed by atoms with E-state index < -0.39 is 0 Å². The first-order valence-electron chi connectivity index (χ1n) is 8.79. The summed E-state index contributed by atoms with van der Waals surface area (Å²) in [7, 11) is 0. The molecule has 3 aromatic heterocycles. The number of para-hydroxylation sites is 1. The second-order valence-electron chi connectivity index (χ2n) is 6.35. The fraction of sp³-hybridized carbons (Fsp3) is 0.250. The molecule has 1 saturated heterocycles. The number of fused-ring (bicyclic) bond motifs is 3. The molecule has 1 fully saturated rings. The van der Waals surface area contributed by atoms with Crippen LogP contribution in [0.4, 0.5) is 11.5 Å². The third-order valence-electron chi connectivity index (χ3n) is 4.43. The van der Waals surface area contributed by atoms with Crippen LogP contribution in [-0.4, -0.2) is 28.0 Å². The highest BCUT2D eigenvalue weighted by atomic mass is 16.3. The van der Waals surface area contributed by atoms with Crippen molar-refractivity contribution in [2.24, 2.45) is 0 Å². The van der Waals surface area contributed by atoms with E-state index in [2.05, 4.69) is 25.9 Å². The molecule has 4 aromatic rings. The Morgan fingerprint density at radius 2 is 1.73 bits per heavy atom. The van der Waals surface area contributed by atoms with Crippen molar-refractivity contribution in [3.63, 3.8) is 0 Å². The van der Waals surface area contributed by atoms with Gasteiger partial charge in [-0.25, -0.2) is 9.97 Å². The van der Waals surface area contributed by atoms with Crippen molar-refractivity contribution < 1.29 is 4.42 Å². The van der Waals surface area contributed by atoms with Crippen molar-refractivity contribution >= 4 is 33.6 Å². The Morgan fingerprint density at radius 3 is 2.42 bits per heavy atom. The summed E-state index contributed by atoms with van der Waals surface area (Å²) in [5.74, 6) is 1.76. The highest BCUT2D eigenvalue weighted by molar-refractivity contribution is 6.05. The third-order valence-corrected chi connectivity index (χ3v) is 4.43. The van der Waals surface area contributed by atoms with Crippen LogP contribution >= 0.6 is 0 Å². The predicted octanol–water partition coefficient (Wildman–Crippen LogP) is 3.95. The van der Waals surface area contributed by atoms with Gasteiger partial charge in [0, 0.05) is 36.6 Å². The molecule has 0 bridgehead atoms. The molecule has 5 rings (SSSR count). The molecule has 4 heterocycles. The van der Waals surface area contributed by atoms with E-state index >= 15 is 0 Å². The van der Waals surface area contributed by atoms with Gasteiger partial charge in [-0.2, -0.15) is 0 Å². The van der Waals surface area contributed by atoms with Crippen molar-refractivity contribution in [3.8, 4) is 0 Å². The van der Waals surface area contributed by atoms with Gasteiger partial charge in [-0.15, -0.1) is 0 Å². The van der Waals surface area contributed by atoms with Crippen molar-refractivity contribution in [1.29, 1.82) is 0 Å². The van der Waals surface area contributed by atoms with Crippen LogP contribution in [0.2, 0.25) is 0 Å². The minimum absolute atomic E-state index is 0.759. The third kappa shape index (κ3) is 3.18. The van der Waals surface area contributed by atoms with Crippen LogP contribution in [0.3, 0.4) is 0 Å². The van der Waals surface area contributed by atoms with Crippen molar-refractivity contribution in [2.45, 2.75) is 19.8 Å². The van der Waals surface area contributed by atoms with Crippen LogP contribution in [0.25, 0.3) is 22.1 Å². The number of pyridine rings is 1. The lowest BCUT2D eigenvalue weighted by Gasteiger charge is -2.16. The molecular weight excluding hydrogens is 326 g/mol. The van der Waals surface area contributed by atoms with Crippen LogP contribution < -0.4 is 10.6 Å². The van der Waals surface area contributed by atoms with E-state index in [4.69, 9.17) is 10.2 Å². The summed E-state index contributed by atoms with van der Waals surface area (Å²) >= 11 is 0. The summed E-state index contributed by atoms with van der Waals surface area (Å²) in [6.07, 6.45) is 5.78. The highest BCUT2D eigenvalue weighted by Gasteiger charge is 2.21. The lowest BCUT2D eigenvalue weighted by Crippen LogP contribution is -2.19. The number of aromatic nitrogens is 3. The summed E-state index contributed by atoms with van der Waals surface area (Å²) in [6.45, 7) is 4.06. The van der Waals surface area contributed by atoms with Crippen molar-refractivity contribution in [1.82, 2.24) is 15.0 Å². The number of anilines is 2. The predicted molar refractivity (Wildman–Crippen MR) is 104 cm³/mol. The van der Waals surface area contributed by atoms with E-state index in [1.165, 1.54) is 12.8 Å². The number of hydrogen-bond acceptors (Lipinski definition) is 6. The van der Waals surface area contributed by atoms with Crippen LogP contribution in [0.5, 0.6) is 0 Å². The van der Waals surface area contributed by atoms with Gasteiger partial charge in [-0.05, 0) is 44.0 Å². The fourth-order valence-corrected chi connectivity index (χ4v) is 3.19. The molecule has 26 heavy (non-hydrogen) atoms. The molecule has 0 saturated carbocycles. The molecule has 0 unspecified atom stereocenters. The Balaban J connectivity index is 0.000000204. The van der Waals surface area contributed by atoms with E-state index in [-0.39, 0.29) is 0 Å². The fourth-order valence-electron chi connectivity index (χ4n) is 3.19. The maximum atomic E-state index is 5.98. The zero-order valence-electron chi connectivity index (χ0n) is 14.7. The normalized spacial score (nSPS) is 13.8. The van der Waals surface area contributed by atoms with E-state index in [0.717, 1.165) is 52.5 Å². The van der Waals surface area contributed by atoms with Crippen molar-refractivity contribution in [2.75, 3.05) is 23.7 Å². The zero-order chi connectivity index (χ0) is 17.9. The molecule has 0 aliphatic carbocycles. The SMILES string of the molecule is Cc1nc(N2CCCC2)c2oc3ccccc3c2n1.Nc1ccncc1. The summed E-state index contributed by atoms with van der Waals surface area (Å²) in [5, 5.41) is 1.07. The molecule has 1 aliphatic rings. The van der Waals surface area contributed by atoms with Crippen LogP contribution in [-0.2, 0) is 0 Å². The van der Waals surface area contributed by atoms with Gasteiger partial charge in [-0.1, -0.05) is 12.1 Å². The van der Waals surface area contributed by atoms with E-state index in [1.54, 1.807) is 24.5 Å². The number of furan rings is 1. The van der Waals surface area contributed by atoms with Crippen LogP contribution in [0.15, 0.2) is 53.2 Å². The maximum Gasteiger partial charge on any atom is 0.196 e. The van der Waals surface area contributed by atoms with Gasteiger partial charge in [0.2, 0.25) is 0 Å². The molecule has 0 spiro atoms. The smallest absolute Gasteiger partial charge is 0.196 e. The topological polar surface area (TPSA) is 81.1 Å². The standard InChI is InChI=1S/C15H15N3O.C5H6N2/c1-10-16-13-11-6-2-3-7-12(11)19-14(13)15(17-10)18-8-4-5-9-18;6-5-1-3-7-4-2-5/h2-3,6-7H,4-5,8-9H2,1H3;1-4H,(H2,6,7). The number of nitrogens with zero attached hydrogens (tertiary/aromatic N) is 4. The quantitative estimate of drug-likeness (QED) is 0.561. The lowest BCUT2D eigenvalue weighted by molar-refractivity contribution is 0.662. The first kappa shape index (κ1) is 16.3. The van der Waals surface area contributed by atoms with Crippen LogP contribution in [0, 0.1) is 6.92 Å². The Labute approximate surface area is 151 Å². The minimum Gasteiger partial charge on any atom is -0.450 e. The second-order valence-corrected chi connectivity index (χ2v) is 6.35. The van der Waals surface area contributed by atoms with Crippen LogP contribution in [0.1, 0.15) is 18.7 Å². The van der Waals surface area contributed by atoms with Gasteiger partial charge in [0.05, 0.1) is 0 Å². The Kier molecular flexibility index (Phi) is 4.39. The number of hydrogen-bond donors (Lipinski definition) is 1. The van der Waals surface area contributed by atoms with Gasteiger partial charge in [-0.3, -0.25) is 4.98 Å². The van der Waals surface area contributed by atoms with Gasteiger partial charge in [0.25, 0.3) is 0 Å². The summed E-state index contributed by atoms with van der Waals surface area (Å²) < 4.78 is 5.98. The Bertz CT molecular complexity index is 1020. The number of aryl methyl sites for hydroxylation is 1. The Morgan fingerprint density at radius 1 is 1.00 bits per heavy atom. The maximum absolute atomic E-state index is 5.98. The molecule has 0 amide bonds. The number of nitrogen functional groups attached to an aromatic ring is 1. The summed E-state index contributed by atoms with van der Waals surface area (Å²) in [4.78, 5) is 15.2. The van der Waals surface area contributed by atoms with Gasteiger partial charge < -0.3 is 15.1 Å². The molecular formula is C20H21N5O. The highest BCUT2D eigenvalue weighted by Crippen LogP contribution is 2.33. The Hall–Kier alpha value is -3.15. The molecule has 132 valence electrons. The summed E-state index contributed by atoms with van der Waals surface area (Å²) in [6, 6.07) is 11.5. The van der Waals surface area contributed by atoms with Gasteiger partial charge >= 0.3 is 0 Å². The number of nitrogens with two attached hydrogens (primary N) is 1. The van der Waals surface area contributed by atoms with E-state index in [1.807, 2.05) is 25.1 Å². The van der Waals surface area contributed by atoms with Crippen molar-refractivity contribution in [3.05, 3.63) is 54.6 Å². The number of rotatable bonds is 1. The second kappa shape index (κ2) is 7.00. The summed E-state index contributed by atoms with van der Waals surface area (Å²) in [5.41, 5.74) is 8.73. The molecule has 2 N–H and O–H groups in total. The molecule has 6 nitrogen and oxygen atoms in total. The van der Waals surface area contributed by atoms with Gasteiger partial charge in [0.15, 0.2) is 11.4 Å². The molecule has 0 atom stereocenters. The molecule has 6 heteroatoms. The number of benzene rings is 1. The van der Waals surface area contributed by atoms with E-state index in [0.29, 0.717) is 0 Å². The average Bonchev–Trinajstić information content (AvgIpc) is 3.30. The average molecular weight is 347 g/mol. The first-order chi connectivity index (χ1) is 12.7.